The average Bonchev–Trinajstić information content (AvgIpc) is 2.89. The maximum atomic E-state index is 12.2. The molecule has 2 aromatic rings. The number of unbranched alkanes of at least 4 members (excludes halogenated alkanes) is 4. The molecule has 1 aromatic carbocycles. The molecule has 0 aliphatic rings. The van der Waals surface area contributed by atoms with Crippen LogP contribution in [0.4, 0.5) is 4.79 Å². The number of amides is 1. The summed E-state index contributed by atoms with van der Waals surface area (Å²) < 4.78 is 0. The van der Waals surface area contributed by atoms with Gasteiger partial charge in [0.15, 0.2) is 0 Å². The molecule has 0 saturated heterocycles. The Balaban J connectivity index is 1.89. The fourth-order valence-corrected chi connectivity index (χ4v) is 2.15. The van der Waals surface area contributed by atoms with E-state index in [-0.39, 0.29) is 6.03 Å². The number of fused-ring (bicyclic) bond motifs is 1. The predicted molar refractivity (Wildman–Crippen MR) is 79.7 cm³/mol. The Hall–Kier alpha value is -1.91. The van der Waals surface area contributed by atoms with Crippen molar-refractivity contribution in [3.63, 3.8) is 0 Å². The van der Waals surface area contributed by atoms with Crippen molar-refractivity contribution in [3.8, 4) is 0 Å². The highest BCUT2D eigenvalue weighted by Gasteiger charge is 2.14. The van der Waals surface area contributed by atoms with Gasteiger partial charge in [0.25, 0.3) is 0 Å². The van der Waals surface area contributed by atoms with Crippen molar-refractivity contribution in [2.45, 2.75) is 39.0 Å². The van der Waals surface area contributed by atoms with E-state index in [9.17, 15) is 4.79 Å². The molecule has 0 radical (unpaired) electrons. The number of aromatic nitrogens is 3. The van der Waals surface area contributed by atoms with Crippen LogP contribution in [0, 0.1) is 0 Å². The van der Waals surface area contributed by atoms with Crippen LogP contribution in [0.2, 0.25) is 0 Å². The highest BCUT2D eigenvalue weighted by Crippen LogP contribution is 2.08. The summed E-state index contributed by atoms with van der Waals surface area (Å²) in [5.74, 6) is 0. The fourth-order valence-electron chi connectivity index (χ4n) is 2.15. The second-order valence-electron chi connectivity index (χ2n) is 5.10. The van der Waals surface area contributed by atoms with Gasteiger partial charge in [-0.1, -0.05) is 49.5 Å². The molecule has 108 valence electrons. The van der Waals surface area contributed by atoms with Gasteiger partial charge >= 0.3 is 6.03 Å². The minimum absolute atomic E-state index is 0.170. The van der Waals surface area contributed by atoms with Crippen LogP contribution in [-0.2, 0) is 0 Å². The molecule has 0 unspecified atom stereocenters. The molecule has 0 fully saturated rings. The third-order valence-corrected chi connectivity index (χ3v) is 3.38. The minimum Gasteiger partial charge on any atom is -0.325 e. The largest absolute Gasteiger partial charge is 0.361 e. The van der Waals surface area contributed by atoms with E-state index in [1.54, 1.807) is 11.9 Å². The zero-order valence-corrected chi connectivity index (χ0v) is 12.2. The van der Waals surface area contributed by atoms with Crippen molar-refractivity contribution in [1.29, 1.82) is 0 Å². The first-order valence-electron chi connectivity index (χ1n) is 7.30. The molecule has 0 aliphatic carbocycles. The van der Waals surface area contributed by atoms with Crippen molar-refractivity contribution in [1.82, 2.24) is 19.9 Å². The number of carbonyl (C=O) groups is 1. The second kappa shape index (κ2) is 7.03. The summed E-state index contributed by atoms with van der Waals surface area (Å²) in [5, 5.41) is 8.41. The molecule has 1 amide bonds. The van der Waals surface area contributed by atoms with Crippen LogP contribution in [-0.4, -0.2) is 39.5 Å². The van der Waals surface area contributed by atoms with Crippen LogP contribution in [0.3, 0.4) is 0 Å². The van der Waals surface area contributed by atoms with Crippen molar-refractivity contribution in [2.75, 3.05) is 13.6 Å². The van der Waals surface area contributed by atoms with Crippen LogP contribution in [0.1, 0.15) is 39.0 Å². The Morgan fingerprint density at radius 2 is 1.70 bits per heavy atom. The molecule has 0 atom stereocenters. The molecule has 0 bridgehead atoms. The van der Waals surface area contributed by atoms with Gasteiger partial charge in [-0.3, -0.25) is 0 Å². The first-order valence-corrected chi connectivity index (χ1v) is 7.30. The number of hydrogen-bond donors (Lipinski definition) is 0. The van der Waals surface area contributed by atoms with Gasteiger partial charge in [-0.15, -0.1) is 10.2 Å². The van der Waals surface area contributed by atoms with Crippen LogP contribution in [0.25, 0.3) is 11.0 Å². The van der Waals surface area contributed by atoms with E-state index in [1.807, 2.05) is 24.3 Å². The normalized spacial score (nSPS) is 10.9. The van der Waals surface area contributed by atoms with Gasteiger partial charge in [0.05, 0.1) is 0 Å². The van der Waals surface area contributed by atoms with Gasteiger partial charge < -0.3 is 4.90 Å². The molecule has 20 heavy (non-hydrogen) atoms. The van der Waals surface area contributed by atoms with Gasteiger partial charge in [0.1, 0.15) is 11.0 Å². The summed E-state index contributed by atoms with van der Waals surface area (Å²) in [6, 6.07) is 7.33. The number of carbonyl (C=O) groups excluding carboxylic acids is 1. The number of benzene rings is 1. The molecule has 0 spiro atoms. The first-order chi connectivity index (χ1) is 9.72. The Kier molecular flexibility index (Phi) is 5.09. The summed E-state index contributed by atoms with van der Waals surface area (Å²) in [6.07, 6.45) is 5.94. The van der Waals surface area contributed by atoms with E-state index < -0.39 is 0 Å². The van der Waals surface area contributed by atoms with Crippen molar-refractivity contribution in [3.05, 3.63) is 24.3 Å². The van der Waals surface area contributed by atoms with Gasteiger partial charge in [-0.2, -0.15) is 0 Å². The Morgan fingerprint density at radius 3 is 2.30 bits per heavy atom. The molecule has 0 aliphatic heterocycles. The summed E-state index contributed by atoms with van der Waals surface area (Å²) in [7, 11) is 1.80. The smallest absolute Gasteiger partial charge is 0.325 e. The molecule has 5 heteroatoms. The van der Waals surface area contributed by atoms with Gasteiger partial charge in [0.2, 0.25) is 0 Å². The quantitative estimate of drug-likeness (QED) is 0.759. The Morgan fingerprint density at radius 1 is 1.10 bits per heavy atom. The summed E-state index contributed by atoms with van der Waals surface area (Å²) in [6.45, 7) is 2.95. The zero-order valence-electron chi connectivity index (χ0n) is 12.2. The van der Waals surface area contributed by atoms with Crippen molar-refractivity contribution >= 4 is 17.1 Å². The molecule has 0 saturated carbocycles. The van der Waals surface area contributed by atoms with Gasteiger partial charge in [0, 0.05) is 13.6 Å². The van der Waals surface area contributed by atoms with E-state index in [1.165, 1.54) is 30.5 Å². The van der Waals surface area contributed by atoms with Crippen molar-refractivity contribution < 1.29 is 4.79 Å². The monoisotopic (exact) mass is 274 g/mol. The lowest BCUT2D eigenvalue weighted by Gasteiger charge is -2.15. The summed E-state index contributed by atoms with van der Waals surface area (Å²) in [4.78, 5) is 15.1. The molecule has 1 aromatic heterocycles. The van der Waals surface area contributed by atoms with Gasteiger partial charge in [-0.05, 0) is 18.6 Å². The van der Waals surface area contributed by atoms with Crippen LogP contribution >= 0.6 is 0 Å². The average molecular weight is 274 g/mol. The van der Waals surface area contributed by atoms with Crippen molar-refractivity contribution in [2.24, 2.45) is 0 Å². The molecule has 2 rings (SSSR count). The van der Waals surface area contributed by atoms with E-state index in [0.717, 1.165) is 24.0 Å². The molecule has 1 heterocycles. The lowest BCUT2D eigenvalue weighted by atomic mass is 10.1. The Bertz CT molecular complexity index is 531. The molecule has 5 nitrogen and oxygen atoms in total. The number of nitrogens with zero attached hydrogens (tertiary/aromatic N) is 4. The SMILES string of the molecule is CCCCCCCN(C)C(=O)n1nc2ccccc2n1. The summed E-state index contributed by atoms with van der Waals surface area (Å²) in [5.41, 5.74) is 1.49. The van der Waals surface area contributed by atoms with E-state index in [2.05, 4.69) is 17.1 Å². The maximum Gasteiger partial charge on any atom is 0.361 e. The van der Waals surface area contributed by atoms with E-state index in [4.69, 9.17) is 0 Å². The number of rotatable bonds is 6. The Labute approximate surface area is 119 Å². The second-order valence-corrected chi connectivity index (χ2v) is 5.10. The topological polar surface area (TPSA) is 51.0 Å². The maximum absolute atomic E-state index is 12.2. The summed E-state index contributed by atoms with van der Waals surface area (Å²) >= 11 is 0. The number of hydrogen-bond acceptors (Lipinski definition) is 3. The standard InChI is InChI=1S/C15H22N4O/c1-3-4-5-6-9-12-18(2)15(20)19-16-13-10-7-8-11-14(13)17-19/h7-8,10-11H,3-6,9,12H2,1-2H3. The zero-order chi connectivity index (χ0) is 14.4. The lowest BCUT2D eigenvalue weighted by Crippen LogP contribution is -2.33. The molecular formula is C15H22N4O. The van der Waals surface area contributed by atoms with Crippen LogP contribution in [0.5, 0.6) is 0 Å². The van der Waals surface area contributed by atoms with Gasteiger partial charge in [-0.25, -0.2) is 4.79 Å². The fraction of sp³-hybridized carbons (Fsp3) is 0.533. The van der Waals surface area contributed by atoms with Crippen LogP contribution < -0.4 is 0 Å². The van der Waals surface area contributed by atoms with E-state index in [0.29, 0.717) is 0 Å². The highest BCUT2D eigenvalue weighted by molar-refractivity contribution is 5.80. The third kappa shape index (κ3) is 3.56. The molecule has 0 N–H and O–H groups in total. The third-order valence-electron chi connectivity index (χ3n) is 3.38. The minimum atomic E-state index is -0.170. The predicted octanol–water partition coefficient (Wildman–Crippen LogP) is 3.30. The van der Waals surface area contributed by atoms with Crippen LogP contribution in [0.15, 0.2) is 24.3 Å². The first kappa shape index (κ1) is 14.5. The molecular weight excluding hydrogens is 252 g/mol. The lowest BCUT2D eigenvalue weighted by molar-refractivity contribution is 0.202. The van der Waals surface area contributed by atoms with E-state index >= 15 is 0 Å². The highest BCUT2D eigenvalue weighted by atomic mass is 16.2.